The van der Waals surface area contributed by atoms with Crippen molar-refractivity contribution >= 4 is 34.8 Å². The fraction of sp³-hybridized carbons (Fsp3) is 0.182. The molecular weight excluding hydrogens is 518 g/mol. The van der Waals surface area contributed by atoms with Crippen LogP contribution in [0, 0.1) is 0 Å². The predicted octanol–water partition coefficient (Wildman–Crippen LogP) is 6.44. The van der Waals surface area contributed by atoms with Crippen LogP contribution in [0.1, 0.15) is 24.2 Å². The van der Waals surface area contributed by atoms with Gasteiger partial charge in [0.15, 0.2) is 11.8 Å². The van der Waals surface area contributed by atoms with Crippen LogP contribution in [0.25, 0.3) is 0 Å². The highest BCUT2D eigenvalue weighted by atomic mass is 16.6. The second kappa shape index (κ2) is 13.8. The number of benzene rings is 4. The maximum Gasteiger partial charge on any atom is 0.420 e. The van der Waals surface area contributed by atoms with Crippen molar-refractivity contribution in [2.75, 3.05) is 35.3 Å². The van der Waals surface area contributed by atoms with Gasteiger partial charge >= 0.3 is 6.09 Å². The predicted molar refractivity (Wildman–Crippen MR) is 161 cm³/mol. The highest BCUT2D eigenvalue weighted by molar-refractivity contribution is 6.22. The van der Waals surface area contributed by atoms with E-state index in [0.29, 0.717) is 17.1 Å². The van der Waals surface area contributed by atoms with Gasteiger partial charge in [-0.05, 0) is 62.4 Å². The first kappa shape index (κ1) is 28.9. The molecule has 1 unspecified atom stereocenters. The molecule has 4 aromatic carbocycles. The number of hydrogen-bond acceptors (Lipinski definition) is 6. The summed E-state index contributed by atoms with van der Waals surface area (Å²) in [5.41, 5.74) is 1.90. The Morgan fingerprint density at radius 1 is 0.732 bits per heavy atom. The molecule has 8 heteroatoms. The second-order valence-corrected chi connectivity index (χ2v) is 9.06. The molecule has 4 rings (SSSR count). The number of ether oxygens (including phenoxy) is 2. The Morgan fingerprint density at radius 2 is 1.29 bits per heavy atom. The van der Waals surface area contributed by atoms with E-state index in [-0.39, 0.29) is 11.3 Å². The zero-order chi connectivity index (χ0) is 29.2. The summed E-state index contributed by atoms with van der Waals surface area (Å²) in [7, 11) is 1.48. The maximum absolute atomic E-state index is 14.0. The number of amides is 2. The number of hydrogen-bond donors (Lipinski definition) is 1. The number of carbonyl (C=O) groups excluding carboxylic acids is 3. The highest BCUT2D eigenvalue weighted by Gasteiger charge is 2.39. The minimum absolute atomic E-state index is 0.268. The first-order valence-corrected chi connectivity index (χ1v) is 13.4. The number of nitrogens with one attached hydrogen (secondary N) is 1. The lowest BCUT2D eigenvalue weighted by Crippen LogP contribution is -2.53. The molecule has 1 atom stereocenters. The molecule has 0 saturated heterocycles. The van der Waals surface area contributed by atoms with Crippen molar-refractivity contribution in [2.45, 2.75) is 19.9 Å². The van der Waals surface area contributed by atoms with Crippen LogP contribution in [0.5, 0.6) is 11.5 Å². The summed E-state index contributed by atoms with van der Waals surface area (Å²) in [4.78, 5) is 45.1. The summed E-state index contributed by atoms with van der Waals surface area (Å²) in [6.07, 6.45) is -0.878. The molecule has 0 radical (unpaired) electrons. The van der Waals surface area contributed by atoms with Gasteiger partial charge in [0.1, 0.15) is 11.5 Å². The molecule has 0 heterocycles. The lowest BCUT2D eigenvalue weighted by atomic mass is 10.0. The third kappa shape index (κ3) is 6.91. The molecule has 4 aromatic rings. The summed E-state index contributed by atoms with van der Waals surface area (Å²) in [5, 5.41) is 2.79. The van der Waals surface area contributed by atoms with E-state index in [1.807, 2.05) is 12.1 Å². The van der Waals surface area contributed by atoms with Gasteiger partial charge in [-0.25, -0.2) is 4.79 Å². The van der Waals surface area contributed by atoms with Crippen molar-refractivity contribution in [3.63, 3.8) is 0 Å². The largest absolute Gasteiger partial charge is 0.495 e. The van der Waals surface area contributed by atoms with Crippen LogP contribution in [-0.4, -0.2) is 44.0 Å². The van der Waals surface area contributed by atoms with Crippen molar-refractivity contribution in [2.24, 2.45) is 0 Å². The summed E-state index contributed by atoms with van der Waals surface area (Å²) < 4.78 is 11.1. The molecule has 0 aromatic heterocycles. The molecule has 0 fully saturated rings. The molecule has 41 heavy (non-hydrogen) atoms. The number of para-hydroxylation sites is 3. The van der Waals surface area contributed by atoms with Gasteiger partial charge in [-0.1, -0.05) is 60.7 Å². The van der Waals surface area contributed by atoms with Crippen LogP contribution in [0.2, 0.25) is 0 Å². The number of carbonyl (C=O) groups is 3. The fourth-order valence-corrected chi connectivity index (χ4v) is 4.47. The van der Waals surface area contributed by atoms with Crippen LogP contribution >= 0.6 is 0 Å². The monoisotopic (exact) mass is 551 g/mol. The first-order chi connectivity index (χ1) is 20.0. The van der Waals surface area contributed by atoms with Crippen LogP contribution in [-0.2, 0) is 4.79 Å². The third-order valence-electron chi connectivity index (χ3n) is 6.58. The molecule has 0 saturated carbocycles. The molecule has 0 bridgehead atoms. The van der Waals surface area contributed by atoms with Gasteiger partial charge in [-0.3, -0.25) is 14.5 Å². The Kier molecular flexibility index (Phi) is 9.72. The Labute approximate surface area is 240 Å². The van der Waals surface area contributed by atoms with Crippen LogP contribution in [0.4, 0.5) is 21.9 Å². The van der Waals surface area contributed by atoms with E-state index in [1.165, 1.54) is 7.11 Å². The zero-order valence-corrected chi connectivity index (χ0v) is 23.3. The number of methoxy groups -OCH3 is 1. The Bertz CT molecular complexity index is 1460. The normalized spacial score (nSPS) is 11.2. The summed E-state index contributed by atoms with van der Waals surface area (Å²) >= 11 is 0. The third-order valence-corrected chi connectivity index (χ3v) is 6.58. The molecule has 210 valence electrons. The highest BCUT2D eigenvalue weighted by Crippen LogP contribution is 2.28. The van der Waals surface area contributed by atoms with Gasteiger partial charge in [0.05, 0.1) is 12.8 Å². The molecule has 8 nitrogen and oxygen atoms in total. The van der Waals surface area contributed by atoms with Crippen molar-refractivity contribution in [1.82, 2.24) is 0 Å². The van der Waals surface area contributed by atoms with E-state index in [1.54, 1.807) is 97.1 Å². The lowest BCUT2D eigenvalue weighted by Gasteiger charge is -2.30. The van der Waals surface area contributed by atoms with Crippen molar-refractivity contribution in [3.05, 3.63) is 115 Å². The van der Waals surface area contributed by atoms with Crippen LogP contribution in [0.15, 0.2) is 109 Å². The topological polar surface area (TPSA) is 88.2 Å². The van der Waals surface area contributed by atoms with Gasteiger partial charge in [0.25, 0.3) is 5.91 Å². The molecule has 0 aliphatic heterocycles. The average Bonchev–Trinajstić information content (AvgIpc) is 3.01. The van der Waals surface area contributed by atoms with E-state index in [4.69, 9.17) is 9.47 Å². The molecule has 0 aliphatic carbocycles. The minimum atomic E-state index is -1.60. The fourth-order valence-electron chi connectivity index (χ4n) is 4.47. The quantitative estimate of drug-likeness (QED) is 0.171. The summed E-state index contributed by atoms with van der Waals surface area (Å²) in [5.74, 6) is -0.607. The van der Waals surface area contributed by atoms with Gasteiger partial charge in [0, 0.05) is 30.0 Å². The molecular formula is C33H33N3O5. The van der Waals surface area contributed by atoms with Gasteiger partial charge in [-0.15, -0.1) is 0 Å². The number of rotatable bonds is 11. The second-order valence-electron chi connectivity index (χ2n) is 9.06. The van der Waals surface area contributed by atoms with E-state index >= 15 is 0 Å². The standard InChI is InChI=1S/C33H33N3O5/c1-4-35(5-2)25-20-22-26(23-21-25)36(33(39)41-27-16-10-7-11-17-27)30(31(37)24-14-8-6-9-15-24)32(38)34-28-18-12-13-19-29(28)40-3/h6-23,30H,4-5H2,1-3H3,(H,34,38). The average molecular weight is 552 g/mol. The Balaban J connectivity index is 1.82. The van der Waals surface area contributed by atoms with Crippen molar-refractivity contribution in [1.29, 1.82) is 0 Å². The number of Topliss-reactive ketones (excluding diaryl/α,β-unsaturated/α-hetero) is 1. The van der Waals surface area contributed by atoms with Crippen LogP contribution < -0.4 is 24.6 Å². The first-order valence-electron chi connectivity index (χ1n) is 13.4. The van der Waals surface area contributed by atoms with E-state index < -0.39 is 23.8 Å². The molecule has 0 spiro atoms. The van der Waals surface area contributed by atoms with E-state index in [9.17, 15) is 14.4 Å². The SMILES string of the molecule is CCN(CC)c1ccc(N(C(=O)Oc2ccccc2)C(C(=O)Nc2ccccc2OC)C(=O)c2ccccc2)cc1. The van der Waals surface area contributed by atoms with E-state index in [0.717, 1.165) is 23.7 Å². The van der Waals surface area contributed by atoms with Gasteiger partial charge in [-0.2, -0.15) is 0 Å². The summed E-state index contributed by atoms with van der Waals surface area (Å²) in [6.45, 7) is 5.70. The smallest absolute Gasteiger partial charge is 0.420 e. The zero-order valence-electron chi connectivity index (χ0n) is 23.3. The van der Waals surface area contributed by atoms with Gasteiger partial charge in [0.2, 0.25) is 0 Å². The van der Waals surface area contributed by atoms with Crippen LogP contribution in [0.3, 0.4) is 0 Å². The van der Waals surface area contributed by atoms with E-state index in [2.05, 4.69) is 24.1 Å². The Morgan fingerprint density at radius 3 is 1.90 bits per heavy atom. The molecule has 1 N–H and O–H groups in total. The van der Waals surface area contributed by atoms with Gasteiger partial charge < -0.3 is 19.7 Å². The van der Waals surface area contributed by atoms with Crippen molar-refractivity contribution in [3.8, 4) is 11.5 Å². The Hall–Kier alpha value is -5.11. The number of ketones is 1. The summed E-state index contributed by atoms with van der Waals surface area (Å²) in [6, 6.07) is 29.3. The molecule has 0 aliphatic rings. The lowest BCUT2D eigenvalue weighted by molar-refractivity contribution is -0.116. The molecule has 2 amide bonds. The van der Waals surface area contributed by atoms with Crippen molar-refractivity contribution < 1.29 is 23.9 Å². The number of nitrogens with zero attached hydrogens (tertiary/aromatic N) is 2. The number of anilines is 3. The minimum Gasteiger partial charge on any atom is -0.495 e. The maximum atomic E-state index is 14.0.